The van der Waals surface area contributed by atoms with Crippen molar-refractivity contribution >= 4 is 6.03 Å². The largest absolute Gasteiger partial charge is 0.325 e. The second-order valence-corrected chi connectivity index (χ2v) is 9.31. The Kier molecular flexibility index (Phi) is 6.77. The lowest BCUT2D eigenvalue weighted by molar-refractivity contribution is 0.104. The summed E-state index contributed by atoms with van der Waals surface area (Å²) in [4.78, 5) is 30.1. The number of hydrogen-bond donors (Lipinski definition) is 1. The Bertz CT molecular complexity index is 1150. The molecule has 0 aliphatic carbocycles. The number of benzene rings is 2. The van der Waals surface area contributed by atoms with Crippen LogP contribution in [0.15, 0.2) is 83.8 Å². The highest BCUT2D eigenvalue weighted by Crippen LogP contribution is 2.26. The van der Waals surface area contributed by atoms with Gasteiger partial charge in [-0.1, -0.05) is 60.7 Å². The van der Waals surface area contributed by atoms with Crippen LogP contribution in [0.5, 0.6) is 0 Å². The van der Waals surface area contributed by atoms with Gasteiger partial charge < -0.3 is 19.7 Å². The van der Waals surface area contributed by atoms with E-state index in [4.69, 9.17) is 0 Å². The van der Waals surface area contributed by atoms with E-state index >= 15 is 0 Å². The van der Waals surface area contributed by atoms with Gasteiger partial charge in [0.1, 0.15) is 0 Å². The summed E-state index contributed by atoms with van der Waals surface area (Å²) in [6.07, 6.45) is 3.74. The van der Waals surface area contributed by atoms with E-state index < -0.39 is 0 Å². The lowest BCUT2D eigenvalue weighted by atomic mass is 9.96. The quantitative estimate of drug-likeness (QED) is 0.646. The molecule has 6 nitrogen and oxygen atoms in total. The minimum atomic E-state index is 0.0337. The number of carbonyl (C=O) groups is 1. The standard InChI is InChI=1S/C28H32N4O2/c33-27-19-25(23-7-3-1-4-8-23)13-17-31(27)21-22-11-15-30(16-12-22)28(34)32-18-14-29-20-26(32)24-9-5-2-6-10-24/h1-10,13,17,19,22,26,29H,11-12,14-16,18,20-21H2. The summed E-state index contributed by atoms with van der Waals surface area (Å²) in [5.74, 6) is 0.400. The predicted molar refractivity (Wildman–Crippen MR) is 135 cm³/mol. The fraction of sp³-hybridized carbons (Fsp3) is 0.357. The van der Waals surface area contributed by atoms with Crippen molar-refractivity contribution in [1.82, 2.24) is 19.7 Å². The number of aromatic nitrogens is 1. The summed E-state index contributed by atoms with van der Waals surface area (Å²) in [6.45, 7) is 4.52. The van der Waals surface area contributed by atoms with E-state index in [0.29, 0.717) is 12.5 Å². The van der Waals surface area contributed by atoms with E-state index in [9.17, 15) is 9.59 Å². The number of carbonyl (C=O) groups excluding carboxylic acids is 1. The molecule has 2 saturated heterocycles. The van der Waals surface area contributed by atoms with Crippen LogP contribution in [-0.4, -0.2) is 53.1 Å². The molecule has 1 unspecified atom stereocenters. The van der Waals surface area contributed by atoms with Gasteiger partial charge in [0.2, 0.25) is 0 Å². The van der Waals surface area contributed by atoms with Crippen LogP contribution >= 0.6 is 0 Å². The van der Waals surface area contributed by atoms with Crippen molar-refractivity contribution in [1.29, 1.82) is 0 Å². The molecule has 0 spiro atoms. The van der Waals surface area contributed by atoms with Crippen molar-refractivity contribution in [2.75, 3.05) is 32.7 Å². The first-order valence-corrected chi connectivity index (χ1v) is 12.3. The molecule has 0 bridgehead atoms. The van der Waals surface area contributed by atoms with E-state index in [0.717, 1.165) is 56.7 Å². The highest BCUT2D eigenvalue weighted by molar-refractivity contribution is 5.75. The molecule has 0 saturated carbocycles. The minimum Gasteiger partial charge on any atom is -0.325 e. The number of pyridine rings is 1. The Balaban J connectivity index is 1.19. The monoisotopic (exact) mass is 456 g/mol. The lowest BCUT2D eigenvalue weighted by Gasteiger charge is -2.41. The van der Waals surface area contributed by atoms with Crippen LogP contribution in [0.1, 0.15) is 24.4 Å². The SMILES string of the molecule is O=C(N1CCC(Cn2ccc(-c3ccccc3)cc2=O)CC1)N1CCNCC1c1ccccc1. The Hall–Kier alpha value is -3.38. The van der Waals surface area contributed by atoms with Crippen LogP contribution in [0.4, 0.5) is 4.79 Å². The zero-order valence-electron chi connectivity index (χ0n) is 19.5. The molecule has 1 atom stereocenters. The van der Waals surface area contributed by atoms with Gasteiger partial charge in [-0.3, -0.25) is 4.79 Å². The Morgan fingerprint density at radius 1 is 0.882 bits per heavy atom. The summed E-state index contributed by atoms with van der Waals surface area (Å²) in [7, 11) is 0. The molecular weight excluding hydrogens is 424 g/mol. The summed E-state index contributed by atoms with van der Waals surface area (Å²) in [6, 6.07) is 24.2. The maximum atomic E-state index is 13.4. The van der Waals surface area contributed by atoms with Gasteiger partial charge >= 0.3 is 6.03 Å². The molecule has 5 rings (SSSR count). The smallest absolute Gasteiger partial charge is 0.320 e. The lowest BCUT2D eigenvalue weighted by Crippen LogP contribution is -2.54. The first-order valence-electron chi connectivity index (χ1n) is 12.3. The van der Waals surface area contributed by atoms with Crippen molar-refractivity contribution in [3.8, 4) is 11.1 Å². The molecule has 2 aliphatic rings. The van der Waals surface area contributed by atoms with Gasteiger partial charge in [-0.25, -0.2) is 4.79 Å². The number of hydrogen-bond acceptors (Lipinski definition) is 3. The molecule has 2 aliphatic heterocycles. The van der Waals surface area contributed by atoms with E-state index in [-0.39, 0.29) is 17.6 Å². The van der Waals surface area contributed by atoms with Crippen LogP contribution in [0.3, 0.4) is 0 Å². The van der Waals surface area contributed by atoms with Crippen LogP contribution in [-0.2, 0) is 6.54 Å². The van der Waals surface area contributed by atoms with Gasteiger partial charge in [-0.05, 0) is 41.5 Å². The van der Waals surface area contributed by atoms with E-state index in [1.807, 2.05) is 75.2 Å². The zero-order chi connectivity index (χ0) is 23.3. The number of piperidine rings is 1. The Morgan fingerprint density at radius 3 is 2.29 bits per heavy atom. The molecule has 34 heavy (non-hydrogen) atoms. The number of likely N-dealkylation sites (tertiary alicyclic amines) is 1. The molecule has 176 valence electrons. The molecule has 3 heterocycles. The van der Waals surface area contributed by atoms with Crippen molar-refractivity contribution in [2.45, 2.75) is 25.4 Å². The third-order valence-electron chi connectivity index (χ3n) is 7.12. The molecule has 1 N–H and O–H groups in total. The Labute approximate surface area is 200 Å². The molecule has 3 aromatic rings. The number of piperazine rings is 1. The van der Waals surface area contributed by atoms with Crippen molar-refractivity contribution in [3.63, 3.8) is 0 Å². The maximum Gasteiger partial charge on any atom is 0.320 e. The van der Waals surface area contributed by atoms with Gasteiger partial charge in [-0.15, -0.1) is 0 Å². The summed E-state index contributed by atoms with van der Waals surface area (Å²) in [5, 5.41) is 3.43. The van der Waals surface area contributed by atoms with Gasteiger partial charge in [0.15, 0.2) is 0 Å². The molecule has 6 heteroatoms. The number of rotatable bonds is 4. The molecule has 1 aromatic heterocycles. The fourth-order valence-corrected chi connectivity index (χ4v) is 5.14. The topological polar surface area (TPSA) is 57.6 Å². The van der Waals surface area contributed by atoms with E-state index in [2.05, 4.69) is 17.4 Å². The van der Waals surface area contributed by atoms with Crippen LogP contribution in [0.25, 0.3) is 11.1 Å². The molecule has 2 aromatic carbocycles. The normalized spacial score (nSPS) is 19.2. The number of urea groups is 1. The average Bonchev–Trinajstić information content (AvgIpc) is 2.91. The zero-order valence-corrected chi connectivity index (χ0v) is 19.5. The number of nitrogens with one attached hydrogen (secondary N) is 1. The summed E-state index contributed by atoms with van der Waals surface area (Å²) in [5.41, 5.74) is 3.22. The second kappa shape index (κ2) is 10.3. The molecule has 0 radical (unpaired) electrons. The van der Waals surface area contributed by atoms with Crippen LogP contribution < -0.4 is 10.9 Å². The third kappa shape index (κ3) is 4.92. The molecular formula is C28H32N4O2. The molecule has 2 fully saturated rings. The van der Waals surface area contributed by atoms with Gasteiger partial charge in [0.25, 0.3) is 5.56 Å². The van der Waals surface area contributed by atoms with Crippen LogP contribution in [0, 0.1) is 5.92 Å². The van der Waals surface area contributed by atoms with Gasteiger partial charge in [-0.2, -0.15) is 0 Å². The molecule has 2 amide bonds. The number of amides is 2. The fourth-order valence-electron chi connectivity index (χ4n) is 5.14. The van der Waals surface area contributed by atoms with Crippen LogP contribution in [0.2, 0.25) is 0 Å². The summed E-state index contributed by atoms with van der Waals surface area (Å²) >= 11 is 0. The summed E-state index contributed by atoms with van der Waals surface area (Å²) < 4.78 is 1.82. The highest BCUT2D eigenvalue weighted by atomic mass is 16.2. The maximum absolute atomic E-state index is 13.4. The van der Waals surface area contributed by atoms with E-state index in [1.165, 1.54) is 5.56 Å². The van der Waals surface area contributed by atoms with E-state index in [1.54, 1.807) is 6.07 Å². The van der Waals surface area contributed by atoms with Gasteiger partial charge in [0.05, 0.1) is 6.04 Å². The first-order chi connectivity index (χ1) is 16.7. The van der Waals surface area contributed by atoms with Crippen molar-refractivity contribution < 1.29 is 4.79 Å². The van der Waals surface area contributed by atoms with Crippen molar-refractivity contribution in [2.24, 2.45) is 5.92 Å². The third-order valence-corrected chi connectivity index (χ3v) is 7.12. The highest BCUT2D eigenvalue weighted by Gasteiger charge is 2.32. The van der Waals surface area contributed by atoms with Crippen molar-refractivity contribution in [3.05, 3.63) is 94.9 Å². The minimum absolute atomic E-state index is 0.0337. The predicted octanol–water partition coefficient (Wildman–Crippen LogP) is 3.99. The Morgan fingerprint density at radius 2 is 1.59 bits per heavy atom. The second-order valence-electron chi connectivity index (χ2n) is 9.31. The number of nitrogens with zero attached hydrogens (tertiary/aromatic N) is 3. The average molecular weight is 457 g/mol. The van der Waals surface area contributed by atoms with Gasteiger partial charge in [0, 0.05) is 51.5 Å². The first kappa shape index (κ1) is 22.4.